The summed E-state index contributed by atoms with van der Waals surface area (Å²) in [4.78, 5) is 0. The molecule has 2 aliphatic carbocycles. The molecular formula is C14H18O. The average Bonchev–Trinajstić information content (AvgIpc) is 2.86. The number of fused-ring (bicyclic) bond motifs is 1. The molecule has 1 fully saturated rings. The summed E-state index contributed by atoms with van der Waals surface area (Å²) in [5.41, 5.74) is 2.81. The number of hydrogen-bond donors (Lipinski definition) is 1. The molecule has 15 heavy (non-hydrogen) atoms. The van der Waals surface area contributed by atoms with E-state index in [0.29, 0.717) is 5.92 Å². The summed E-state index contributed by atoms with van der Waals surface area (Å²) >= 11 is 0. The van der Waals surface area contributed by atoms with Gasteiger partial charge in [-0.05, 0) is 55.6 Å². The number of rotatable bonds is 3. The monoisotopic (exact) mass is 202 g/mol. The molecule has 1 aromatic rings. The third kappa shape index (κ3) is 1.81. The molecule has 0 spiro atoms. The normalized spacial score (nSPS) is 26.3. The van der Waals surface area contributed by atoms with E-state index in [1.165, 1.54) is 24.8 Å². The van der Waals surface area contributed by atoms with E-state index in [2.05, 4.69) is 24.3 Å². The zero-order valence-electron chi connectivity index (χ0n) is 9.08. The maximum atomic E-state index is 9.84. The maximum absolute atomic E-state index is 9.84. The van der Waals surface area contributed by atoms with Crippen molar-refractivity contribution in [3.05, 3.63) is 35.4 Å². The van der Waals surface area contributed by atoms with Gasteiger partial charge >= 0.3 is 0 Å². The molecule has 0 bridgehead atoms. The van der Waals surface area contributed by atoms with Crippen LogP contribution in [0.15, 0.2) is 24.3 Å². The highest BCUT2D eigenvalue weighted by molar-refractivity contribution is 5.34. The van der Waals surface area contributed by atoms with Crippen LogP contribution in [0.5, 0.6) is 0 Å². The first-order chi connectivity index (χ1) is 7.27. The van der Waals surface area contributed by atoms with Crippen LogP contribution in [0.25, 0.3) is 0 Å². The molecule has 2 aliphatic rings. The van der Waals surface area contributed by atoms with Crippen LogP contribution >= 0.6 is 0 Å². The van der Waals surface area contributed by atoms with Crippen LogP contribution in [-0.2, 0) is 6.42 Å². The third-order valence-electron chi connectivity index (χ3n) is 4.04. The first kappa shape index (κ1) is 9.41. The molecule has 0 amide bonds. The number of benzene rings is 1. The Morgan fingerprint density at radius 1 is 1.27 bits per heavy atom. The van der Waals surface area contributed by atoms with Crippen LogP contribution in [-0.4, -0.2) is 10.7 Å². The molecule has 1 saturated carbocycles. The van der Waals surface area contributed by atoms with Crippen molar-refractivity contribution in [3.63, 3.8) is 0 Å². The molecule has 0 radical (unpaired) electrons. The Morgan fingerprint density at radius 3 is 2.87 bits per heavy atom. The van der Waals surface area contributed by atoms with Crippen LogP contribution in [0.2, 0.25) is 0 Å². The molecule has 0 heterocycles. The minimum Gasteiger partial charge on any atom is -0.390 e. The molecule has 80 valence electrons. The third-order valence-corrected chi connectivity index (χ3v) is 4.04. The second-order valence-corrected chi connectivity index (χ2v) is 5.20. The molecule has 0 aromatic heterocycles. The van der Waals surface area contributed by atoms with Crippen molar-refractivity contribution >= 4 is 0 Å². The molecule has 1 atom stereocenters. The summed E-state index contributed by atoms with van der Waals surface area (Å²) in [6.45, 7) is 0. The van der Waals surface area contributed by atoms with Crippen LogP contribution < -0.4 is 0 Å². The number of hydrogen-bond acceptors (Lipinski definition) is 1. The van der Waals surface area contributed by atoms with Crippen molar-refractivity contribution in [2.45, 2.75) is 50.0 Å². The van der Waals surface area contributed by atoms with Crippen LogP contribution in [0.3, 0.4) is 0 Å². The summed E-state index contributed by atoms with van der Waals surface area (Å²) in [7, 11) is 0. The zero-order valence-corrected chi connectivity index (χ0v) is 9.08. The predicted octanol–water partition coefficient (Wildman–Crippen LogP) is 3.02. The largest absolute Gasteiger partial charge is 0.390 e. The van der Waals surface area contributed by atoms with E-state index in [9.17, 15) is 5.11 Å². The average molecular weight is 202 g/mol. The van der Waals surface area contributed by atoms with Gasteiger partial charge in [-0.3, -0.25) is 0 Å². The van der Waals surface area contributed by atoms with Gasteiger partial charge in [-0.1, -0.05) is 24.3 Å². The van der Waals surface area contributed by atoms with Gasteiger partial charge in [-0.2, -0.15) is 0 Å². The first-order valence-corrected chi connectivity index (χ1v) is 6.07. The van der Waals surface area contributed by atoms with Gasteiger partial charge in [0.15, 0.2) is 0 Å². The second-order valence-electron chi connectivity index (χ2n) is 5.20. The highest BCUT2D eigenvalue weighted by Gasteiger charge is 2.40. The molecule has 1 heteroatoms. The van der Waals surface area contributed by atoms with Crippen LogP contribution in [0.4, 0.5) is 0 Å². The van der Waals surface area contributed by atoms with Gasteiger partial charge in [0.2, 0.25) is 0 Å². The molecule has 0 saturated heterocycles. The van der Waals surface area contributed by atoms with Crippen molar-refractivity contribution < 1.29 is 5.11 Å². The Bertz CT molecular complexity index is 365. The van der Waals surface area contributed by atoms with Gasteiger partial charge in [-0.15, -0.1) is 0 Å². The van der Waals surface area contributed by atoms with Crippen molar-refractivity contribution in [1.29, 1.82) is 0 Å². The highest BCUT2D eigenvalue weighted by atomic mass is 16.3. The fourth-order valence-electron chi connectivity index (χ4n) is 2.78. The van der Waals surface area contributed by atoms with Gasteiger partial charge in [-0.25, -0.2) is 0 Å². The summed E-state index contributed by atoms with van der Waals surface area (Å²) in [6, 6.07) is 8.80. The van der Waals surface area contributed by atoms with E-state index >= 15 is 0 Å². The van der Waals surface area contributed by atoms with Crippen LogP contribution in [0, 0.1) is 0 Å². The number of aliphatic hydroxyl groups is 1. The lowest BCUT2D eigenvalue weighted by molar-refractivity contribution is 0.134. The SMILES string of the molecule is OC1(CCC2CCc3ccccc32)CC1. The van der Waals surface area contributed by atoms with E-state index in [-0.39, 0.29) is 5.60 Å². The quantitative estimate of drug-likeness (QED) is 0.798. The van der Waals surface area contributed by atoms with E-state index in [4.69, 9.17) is 0 Å². The Balaban J connectivity index is 1.68. The highest BCUT2D eigenvalue weighted by Crippen LogP contribution is 2.44. The van der Waals surface area contributed by atoms with Crippen LogP contribution in [0.1, 0.15) is 49.1 Å². The Labute approximate surface area is 91.1 Å². The second kappa shape index (κ2) is 3.34. The molecule has 1 unspecified atom stereocenters. The lowest BCUT2D eigenvalue weighted by Crippen LogP contribution is -2.08. The van der Waals surface area contributed by atoms with Crippen molar-refractivity contribution in [2.75, 3.05) is 0 Å². The summed E-state index contributed by atoms with van der Waals surface area (Å²) in [6.07, 6.45) is 6.76. The van der Waals surface area contributed by atoms with Gasteiger partial charge < -0.3 is 5.11 Å². The van der Waals surface area contributed by atoms with Gasteiger partial charge in [0.05, 0.1) is 5.60 Å². The minimum atomic E-state index is -0.266. The Kier molecular flexibility index (Phi) is 2.10. The fourth-order valence-corrected chi connectivity index (χ4v) is 2.78. The fraction of sp³-hybridized carbons (Fsp3) is 0.571. The minimum absolute atomic E-state index is 0.266. The molecule has 3 rings (SSSR count). The molecule has 0 aliphatic heterocycles. The van der Waals surface area contributed by atoms with Crippen molar-refractivity contribution in [3.8, 4) is 0 Å². The first-order valence-electron chi connectivity index (χ1n) is 6.07. The summed E-state index contributed by atoms with van der Waals surface area (Å²) < 4.78 is 0. The van der Waals surface area contributed by atoms with Crippen molar-refractivity contribution in [2.24, 2.45) is 0 Å². The molecule has 1 aromatic carbocycles. The lowest BCUT2D eigenvalue weighted by Gasteiger charge is -2.13. The van der Waals surface area contributed by atoms with Gasteiger partial charge in [0.1, 0.15) is 0 Å². The van der Waals surface area contributed by atoms with E-state index in [1.54, 1.807) is 5.56 Å². The molecular weight excluding hydrogens is 184 g/mol. The van der Waals surface area contributed by atoms with E-state index in [0.717, 1.165) is 19.3 Å². The van der Waals surface area contributed by atoms with Gasteiger partial charge in [0.25, 0.3) is 0 Å². The van der Waals surface area contributed by atoms with Gasteiger partial charge in [0, 0.05) is 0 Å². The van der Waals surface area contributed by atoms with E-state index < -0.39 is 0 Å². The van der Waals surface area contributed by atoms with Crippen molar-refractivity contribution in [1.82, 2.24) is 0 Å². The standard InChI is InChI=1S/C14H18O/c15-14(9-10-14)8-7-12-6-5-11-3-1-2-4-13(11)12/h1-4,12,15H,5-10H2. The number of aryl methyl sites for hydroxylation is 1. The zero-order chi connectivity index (χ0) is 10.3. The Morgan fingerprint density at radius 2 is 2.07 bits per heavy atom. The Hall–Kier alpha value is -0.820. The smallest absolute Gasteiger partial charge is 0.0650 e. The molecule has 1 N–H and O–H groups in total. The molecule has 1 nitrogen and oxygen atoms in total. The maximum Gasteiger partial charge on any atom is 0.0650 e. The lowest BCUT2D eigenvalue weighted by atomic mass is 9.94. The van der Waals surface area contributed by atoms with E-state index in [1.807, 2.05) is 0 Å². The summed E-state index contributed by atoms with van der Waals surface area (Å²) in [5, 5.41) is 9.84. The predicted molar refractivity (Wildman–Crippen MR) is 60.9 cm³/mol. The summed E-state index contributed by atoms with van der Waals surface area (Å²) in [5.74, 6) is 0.714. The topological polar surface area (TPSA) is 20.2 Å².